The first-order valence-corrected chi connectivity index (χ1v) is 8.92. The molecule has 1 saturated heterocycles. The van der Waals surface area contributed by atoms with Crippen molar-refractivity contribution < 1.29 is 4.74 Å². The van der Waals surface area contributed by atoms with Crippen molar-refractivity contribution in [1.29, 1.82) is 0 Å². The van der Waals surface area contributed by atoms with Crippen LogP contribution in [0.3, 0.4) is 0 Å². The smallest absolute Gasteiger partial charge is 0.119 e. The molecule has 0 radical (unpaired) electrons. The number of nitrogens with zero attached hydrogens (tertiary/aromatic N) is 1. The molecule has 0 bridgehead atoms. The summed E-state index contributed by atoms with van der Waals surface area (Å²) in [7, 11) is 0. The first-order valence-electron chi connectivity index (χ1n) is 7.46. The monoisotopic (exact) mass is 324 g/mol. The van der Waals surface area contributed by atoms with Gasteiger partial charge in [-0.2, -0.15) is 11.8 Å². The Hall–Kier alpha value is -0.780. The fourth-order valence-electron chi connectivity index (χ4n) is 2.48. The van der Waals surface area contributed by atoms with Crippen molar-refractivity contribution in [2.45, 2.75) is 31.6 Å². The molecule has 1 fully saturated rings. The van der Waals surface area contributed by atoms with Crippen molar-refractivity contribution in [3.63, 3.8) is 0 Å². The lowest BCUT2D eigenvalue weighted by Crippen LogP contribution is -2.45. The van der Waals surface area contributed by atoms with Crippen LogP contribution in [-0.2, 0) is 0 Å². The lowest BCUT2D eigenvalue weighted by Gasteiger charge is -2.37. The molecule has 21 heavy (non-hydrogen) atoms. The second-order valence-corrected chi connectivity index (χ2v) is 7.37. The maximum absolute atomic E-state index is 5.78. The Kier molecular flexibility index (Phi) is 6.33. The zero-order chi connectivity index (χ0) is 15.2. The van der Waals surface area contributed by atoms with Gasteiger partial charge in [0.2, 0.25) is 0 Å². The first kappa shape index (κ1) is 16.6. The molecule has 1 aromatic rings. The number of benzene rings is 1. The van der Waals surface area contributed by atoms with Crippen molar-refractivity contribution >= 4 is 29.0 Å². The molecule has 1 aliphatic heterocycles. The van der Waals surface area contributed by atoms with E-state index in [4.69, 9.17) is 22.7 Å². The van der Waals surface area contributed by atoms with Gasteiger partial charge in [0.05, 0.1) is 6.61 Å². The van der Waals surface area contributed by atoms with Gasteiger partial charge in [0.25, 0.3) is 0 Å². The lowest BCUT2D eigenvalue weighted by atomic mass is 10.2. The van der Waals surface area contributed by atoms with Crippen LogP contribution in [0.1, 0.15) is 25.8 Å². The third-order valence-corrected chi connectivity index (χ3v) is 5.59. The van der Waals surface area contributed by atoms with Crippen LogP contribution in [0.5, 0.6) is 5.75 Å². The standard InChI is InChI=1S/C16H24N2OS2/c1-12-13(2)21-11-9-18(12)8-3-10-19-15-6-4-14(5-7-15)16(17)20/h4-7,12-13H,3,8-11H2,1-2H3,(H2,17,20). The van der Waals surface area contributed by atoms with Crippen molar-refractivity contribution in [1.82, 2.24) is 4.90 Å². The van der Waals surface area contributed by atoms with Gasteiger partial charge in [-0.3, -0.25) is 4.90 Å². The average molecular weight is 325 g/mol. The van der Waals surface area contributed by atoms with Gasteiger partial charge in [0.1, 0.15) is 10.7 Å². The van der Waals surface area contributed by atoms with Crippen LogP contribution < -0.4 is 10.5 Å². The van der Waals surface area contributed by atoms with Crippen LogP contribution >= 0.6 is 24.0 Å². The predicted octanol–water partition coefficient (Wildman–Crippen LogP) is 2.92. The highest BCUT2D eigenvalue weighted by Gasteiger charge is 2.24. The minimum Gasteiger partial charge on any atom is -0.494 e. The molecular weight excluding hydrogens is 300 g/mol. The lowest BCUT2D eigenvalue weighted by molar-refractivity contribution is 0.191. The van der Waals surface area contributed by atoms with Gasteiger partial charge in [-0.05, 0) is 37.6 Å². The fraction of sp³-hybridized carbons (Fsp3) is 0.562. The topological polar surface area (TPSA) is 38.5 Å². The summed E-state index contributed by atoms with van der Waals surface area (Å²) in [4.78, 5) is 2.99. The number of rotatable bonds is 6. The maximum Gasteiger partial charge on any atom is 0.119 e. The van der Waals surface area contributed by atoms with E-state index in [1.165, 1.54) is 12.3 Å². The Morgan fingerprint density at radius 1 is 1.38 bits per heavy atom. The largest absolute Gasteiger partial charge is 0.494 e. The number of hydrogen-bond acceptors (Lipinski definition) is 4. The zero-order valence-corrected chi connectivity index (χ0v) is 14.4. The van der Waals surface area contributed by atoms with Crippen molar-refractivity contribution in [2.24, 2.45) is 5.73 Å². The molecule has 0 spiro atoms. The summed E-state index contributed by atoms with van der Waals surface area (Å²) < 4.78 is 5.78. The van der Waals surface area contributed by atoms with E-state index in [0.717, 1.165) is 36.1 Å². The van der Waals surface area contributed by atoms with Gasteiger partial charge in [-0.1, -0.05) is 19.1 Å². The number of hydrogen-bond donors (Lipinski definition) is 1. The van der Waals surface area contributed by atoms with Crippen LogP contribution in [0.2, 0.25) is 0 Å². The highest BCUT2D eigenvalue weighted by Crippen LogP contribution is 2.24. The van der Waals surface area contributed by atoms with E-state index in [-0.39, 0.29) is 0 Å². The quantitative estimate of drug-likeness (QED) is 0.643. The van der Waals surface area contributed by atoms with Crippen molar-refractivity contribution in [3.8, 4) is 5.75 Å². The summed E-state index contributed by atoms with van der Waals surface area (Å²) in [6.45, 7) is 7.69. The molecule has 0 aliphatic carbocycles. The number of thioether (sulfide) groups is 1. The van der Waals surface area contributed by atoms with Gasteiger partial charge in [0.15, 0.2) is 0 Å². The second kappa shape index (κ2) is 8.01. The molecule has 2 atom stereocenters. The van der Waals surface area contributed by atoms with Crippen LogP contribution in [-0.4, -0.2) is 46.6 Å². The van der Waals surface area contributed by atoms with Gasteiger partial charge in [-0.15, -0.1) is 0 Å². The Morgan fingerprint density at radius 2 is 2.10 bits per heavy atom. The van der Waals surface area contributed by atoms with Crippen LogP contribution in [0.15, 0.2) is 24.3 Å². The third kappa shape index (κ3) is 4.87. The molecule has 0 saturated carbocycles. The Morgan fingerprint density at radius 3 is 2.76 bits per heavy atom. The SMILES string of the molecule is CC1SCCN(CCCOc2ccc(C(N)=S)cc2)C1C. The summed E-state index contributed by atoms with van der Waals surface area (Å²) in [5.41, 5.74) is 6.46. The molecule has 0 amide bonds. The van der Waals surface area contributed by atoms with Gasteiger partial charge in [0, 0.05) is 35.7 Å². The average Bonchev–Trinajstić information content (AvgIpc) is 2.48. The van der Waals surface area contributed by atoms with E-state index in [0.29, 0.717) is 11.0 Å². The minimum atomic E-state index is 0.424. The molecule has 1 aromatic carbocycles. The van der Waals surface area contributed by atoms with E-state index < -0.39 is 0 Å². The Bertz CT molecular complexity index is 464. The maximum atomic E-state index is 5.78. The molecule has 116 valence electrons. The van der Waals surface area contributed by atoms with E-state index in [9.17, 15) is 0 Å². The van der Waals surface area contributed by atoms with Gasteiger partial charge in [-0.25, -0.2) is 0 Å². The molecular formula is C16H24N2OS2. The van der Waals surface area contributed by atoms with Crippen molar-refractivity contribution in [3.05, 3.63) is 29.8 Å². The molecule has 2 N–H and O–H groups in total. The summed E-state index contributed by atoms with van der Waals surface area (Å²) in [5.74, 6) is 2.12. The second-order valence-electron chi connectivity index (χ2n) is 5.44. The van der Waals surface area contributed by atoms with E-state index in [1.54, 1.807) is 0 Å². The first-order chi connectivity index (χ1) is 10.1. The molecule has 1 aliphatic rings. The molecule has 0 aromatic heterocycles. The highest BCUT2D eigenvalue weighted by atomic mass is 32.2. The third-order valence-electron chi connectivity index (χ3n) is 4.01. The molecule has 1 heterocycles. The number of thiocarbonyl (C=S) groups is 1. The zero-order valence-electron chi connectivity index (χ0n) is 12.7. The molecule has 2 rings (SSSR count). The van der Waals surface area contributed by atoms with Crippen LogP contribution in [0.25, 0.3) is 0 Å². The van der Waals surface area contributed by atoms with E-state index in [1.807, 2.05) is 24.3 Å². The van der Waals surface area contributed by atoms with Gasteiger partial charge < -0.3 is 10.5 Å². The Labute approximate surface area is 137 Å². The molecule has 5 heteroatoms. The fourth-order valence-corrected chi connectivity index (χ4v) is 3.78. The highest BCUT2D eigenvalue weighted by molar-refractivity contribution is 8.00. The van der Waals surface area contributed by atoms with Crippen molar-refractivity contribution in [2.75, 3.05) is 25.4 Å². The predicted molar refractivity (Wildman–Crippen MR) is 95.4 cm³/mol. The number of nitrogens with two attached hydrogens (primary N) is 1. The summed E-state index contributed by atoms with van der Waals surface area (Å²) in [6.07, 6.45) is 1.05. The van der Waals surface area contributed by atoms with Gasteiger partial charge >= 0.3 is 0 Å². The molecule has 3 nitrogen and oxygen atoms in total. The van der Waals surface area contributed by atoms with Crippen LogP contribution in [0, 0.1) is 0 Å². The van der Waals surface area contributed by atoms with E-state index >= 15 is 0 Å². The normalized spacial score (nSPS) is 23.0. The van der Waals surface area contributed by atoms with E-state index in [2.05, 4.69) is 30.5 Å². The summed E-state index contributed by atoms with van der Waals surface area (Å²) in [6, 6.07) is 8.33. The minimum absolute atomic E-state index is 0.424. The van der Waals surface area contributed by atoms with Crippen LogP contribution in [0.4, 0.5) is 0 Å². The summed E-state index contributed by atoms with van der Waals surface area (Å²) in [5, 5.41) is 0.729. The molecule has 2 unspecified atom stereocenters. The Balaban J connectivity index is 1.70. The summed E-state index contributed by atoms with van der Waals surface area (Å²) >= 11 is 7.01. The number of ether oxygens (including phenoxy) is 1.